The summed E-state index contributed by atoms with van der Waals surface area (Å²) in [5, 5.41) is 5.09. The third-order valence-electron chi connectivity index (χ3n) is 3.07. The number of aryl methyl sites for hydroxylation is 1. The van der Waals surface area contributed by atoms with Crippen molar-refractivity contribution in [3.63, 3.8) is 0 Å². The van der Waals surface area contributed by atoms with Crippen molar-refractivity contribution >= 4 is 28.8 Å². The van der Waals surface area contributed by atoms with Crippen LogP contribution in [-0.4, -0.2) is 17.3 Å². The molecule has 4 heteroatoms. The first kappa shape index (κ1) is 11.9. The van der Waals surface area contributed by atoms with Crippen molar-refractivity contribution in [2.75, 3.05) is 0 Å². The number of hydrogen-bond acceptors (Lipinski definition) is 2. The lowest BCUT2D eigenvalue weighted by Gasteiger charge is -2.27. The maximum absolute atomic E-state index is 12.0. The fraction of sp³-hybridized carbons (Fsp3) is 0.583. The van der Waals surface area contributed by atoms with Crippen LogP contribution in [0.3, 0.4) is 0 Å². The molecule has 0 spiro atoms. The predicted octanol–water partition coefficient (Wildman–Crippen LogP) is 3.34. The number of halogens is 1. The molecule has 1 heterocycles. The van der Waals surface area contributed by atoms with E-state index in [1.54, 1.807) is 0 Å². The molecule has 88 valence electrons. The molecule has 2 unspecified atom stereocenters. The van der Waals surface area contributed by atoms with Crippen LogP contribution < -0.4 is 5.32 Å². The van der Waals surface area contributed by atoms with Crippen LogP contribution in [0.5, 0.6) is 0 Å². The molecule has 0 saturated heterocycles. The van der Waals surface area contributed by atoms with Gasteiger partial charge in [-0.2, -0.15) is 0 Å². The zero-order chi connectivity index (χ0) is 11.5. The van der Waals surface area contributed by atoms with Crippen LogP contribution in [0.1, 0.15) is 40.9 Å². The Morgan fingerprint density at radius 3 is 2.88 bits per heavy atom. The first-order valence-corrected chi connectivity index (χ1v) is 6.99. The van der Waals surface area contributed by atoms with Crippen LogP contribution in [0.25, 0.3) is 0 Å². The lowest BCUT2D eigenvalue weighted by Crippen LogP contribution is -2.42. The zero-order valence-electron chi connectivity index (χ0n) is 9.33. The molecule has 2 atom stereocenters. The van der Waals surface area contributed by atoms with Gasteiger partial charge in [-0.25, -0.2) is 0 Å². The molecule has 2 rings (SSSR count). The number of nitrogens with one attached hydrogen (secondary N) is 1. The molecule has 1 N–H and O–H groups in total. The van der Waals surface area contributed by atoms with Crippen LogP contribution >= 0.6 is 22.9 Å². The number of thiophene rings is 1. The molecule has 1 saturated carbocycles. The van der Waals surface area contributed by atoms with Crippen LogP contribution in [0.2, 0.25) is 0 Å². The normalized spacial score (nSPS) is 25.4. The van der Waals surface area contributed by atoms with Crippen molar-refractivity contribution in [2.24, 2.45) is 0 Å². The van der Waals surface area contributed by atoms with Crippen molar-refractivity contribution in [3.05, 3.63) is 21.9 Å². The fourth-order valence-corrected chi connectivity index (χ4v) is 3.26. The molecule has 1 aliphatic rings. The molecule has 1 amide bonds. The summed E-state index contributed by atoms with van der Waals surface area (Å²) in [7, 11) is 0. The van der Waals surface area contributed by atoms with Gasteiger partial charge in [-0.05, 0) is 36.8 Å². The van der Waals surface area contributed by atoms with E-state index in [9.17, 15) is 4.79 Å². The molecular weight excluding hydrogens is 242 g/mol. The summed E-state index contributed by atoms with van der Waals surface area (Å²) >= 11 is 7.71. The highest BCUT2D eigenvalue weighted by Crippen LogP contribution is 2.24. The Hall–Kier alpha value is -0.540. The fourth-order valence-electron chi connectivity index (χ4n) is 2.09. The molecule has 0 radical (unpaired) electrons. The number of rotatable bonds is 2. The number of hydrogen-bond donors (Lipinski definition) is 1. The molecule has 0 aromatic carbocycles. The highest BCUT2D eigenvalue weighted by molar-refractivity contribution is 7.12. The van der Waals surface area contributed by atoms with E-state index in [4.69, 9.17) is 11.6 Å². The third kappa shape index (κ3) is 2.58. The summed E-state index contributed by atoms with van der Waals surface area (Å²) < 4.78 is 0. The summed E-state index contributed by atoms with van der Waals surface area (Å²) in [4.78, 5) is 12.8. The van der Waals surface area contributed by atoms with Crippen LogP contribution in [0, 0.1) is 6.92 Å². The summed E-state index contributed by atoms with van der Waals surface area (Å²) in [6.45, 7) is 1.96. The lowest BCUT2D eigenvalue weighted by atomic mass is 9.95. The van der Waals surface area contributed by atoms with Crippen LogP contribution in [0.15, 0.2) is 11.4 Å². The third-order valence-corrected chi connectivity index (χ3v) is 4.60. The Balaban J connectivity index is 1.99. The Morgan fingerprint density at radius 2 is 2.25 bits per heavy atom. The van der Waals surface area contributed by atoms with E-state index in [0.717, 1.165) is 29.7 Å². The van der Waals surface area contributed by atoms with Gasteiger partial charge in [0, 0.05) is 6.04 Å². The molecule has 1 aromatic heterocycles. The average molecular weight is 258 g/mol. The van der Waals surface area contributed by atoms with Crippen LogP contribution in [-0.2, 0) is 0 Å². The highest BCUT2D eigenvalue weighted by atomic mass is 35.5. The molecule has 1 aromatic rings. The summed E-state index contributed by atoms with van der Waals surface area (Å²) in [6, 6.07) is 2.11. The molecule has 0 bridgehead atoms. The van der Waals surface area contributed by atoms with Gasteiger partial charge in [-0.3, -0.25) is 4.79 Å². The maximum atomic E-state index is 12.0. The first-order valence-electron chi connectivity index (χ1n) is 5.67. The largest absolute Gasteiger partial charge is 0.347 e. The lowest BCUT2D eigenvalue weighted by molar-refractivity contribution is 0.0932. The molecule has 16 heavy (non-hydrogen) atoms. The van der Waals surface area contributed by atoms with Crippen LogP contribution in [0.4, 0.5) is 0 Å². The van der Waals surface area contributed by atoms with Gasteiger partial charge in [0.25, 0.3) is 5.91 Å². The standard InChI is InChI=1S/C12H16ClNOS/c1-8-6-7-16-11(8)12(15)14-10-5-3-2-4-9(10)13/h6-7,9-10H,2-5H2,1H3,(H,14,15). The smallest absolute Gasteiger partial charge is 0.261 e. The topological polar surface area (TPSA) is 29.1 Å². The minimum atomic E-state index is 0.0325. The first-order chi connectivity index (χ1) is 7.68. The molecule has 0 aliphatic heterocycles. The van der Waals surface area contributed by atoms with E-state index in [1.165, 1.54) is 17.8 Å². The number of amides is 1. The minimum absolute atomic E-state index is 0.0325. The number of carbonyl (C=O) groups is 1. The maximum Gasteiger partial charge on any atom is 0.261 e. The van der Waals surface area contributed by atoms with E-state index in [0.29, 0.717) is 0 Å². The molecule has 2 nitrogen and oxygen atoms in total. The van der Waals surface area contributed by atoms with Gasteiger partial charge < -0.3 is 5.32 Å². The average Bonchev–Trinajstić information content (AvgIpc) is 2.68. The second kappa shape index (κ2) is 5.19. The molecule has 1 aliphatic carbocycles. The second-order valence-electron chi connectivity index (χ2n) is 4.31. The summed E-state index contributed by atoms with van der Waals surface area (Å²) in [5.41, 5.74) is 1.05. The van der Waals surface area contributed by atoms with Gasteiger partial charge in [0.1, 0.15) is 0 Å². The van der Waals surface area contributed by atoms with E-state index in [-0.39, 0.29) is 17.3 Å². The molecular formula is C12H16ClNOS. The van der Waals surface area contributed by atoms with Gasteiger partial charge in [-0.15, -0.1) is 22.9 Å². The quantitative estimate of drug-likeness (QED) is 0.809. The highest BCUT2D eigenvalue weighted by Gasteiger charge is 2.25. The van der Waals surface area contributed by atoms with Crippen molar-refractivity contribution < 1.29 is 4.79 Å². The van der Waals surface area contributed by atoms with E-state index in [2.05, 4.69) is 5.32 Å². The SMILES string of the molecule is Cc1ccsc1C(=O)NC1CCCCC1Cl. The van der Waals surface area contributed by atoms with Gasteiger partial charge in [0.2, 0.25) is 0 Å². The molecule has 1 fully saturated rings. The number of carbonyl (C=O) groups excluding carboxylic acids is 1. The van der Waals surface area contributed by atoms with Crippen molar-refractivity contribution in [3.8, 4) is 0 Å². The number of alkyl halides is 1. The van der Waals surface area contributed by atoms with Crippen molar-refractivity contribution in [1.82, 2.24) is 5.32 Å². The Bertz CT molecular complexity index is 377. The predicted molar refractivity (Wildman–Crippen MR) is 68.4 cm³/mol. The zero-order valence-corrected chi connectivity index (χ0v) is 10.9. The van der Waals surface area contributed by atoms with E-state index in [1.807, 2.05) is 18.4 Å². The van der Waals surface area contributed by atoms with Gasteiger partial charge in [0.15, 0.2) is 0 Å². The monoisotopic (exact) mass is 257 g/mol. The Kier molecular flexibility index (Phi) is 3.87. The van der Waals surface area contributed by atoms with Gasteiger partial charge in [0.05, 0.1) is 10.3 Å². The van der Waals surface area contributed by atoms with Crippen molar-refractivity contribution in [1.29, 1.82) is 0 Å². The minimum Gasteiger partial charge on any atom is -0.347 e. The second-order valence-corrected chi connectivity index (χ2v) is 5.79. The van der Waals surface area contributed by atoms with E-state index >= 15 is 0 Å². The summed E-state index contributed by atoms with van der Waals surface area (Å²) in [6.07, 6.45) is 4.36. The summed E-state index contributed by atoms with van der Waals surface area (Å²) in [5.74, 6) is 0.0325. The Morgan fingerprint density at radius 1 is 1.50 bits per heavy atom. The van der Waals surface area contributed by atoms with E-state index < -0.39 is 0 Å². The van der Waals surface area contributed by atoms with Crippen molar-refractivity contribution in [2.45, 2.75) is 44.0 Å². The van der Waals surface area contributed by atoms with Gasteiger partial charge in [-0.1, -0.05) is 12.8 Å². The Labute approximate surface area is 105 Å². The van der Waals surface area contributed by atoms with Gasteiger partial charge >= 0.3 is 0 Å².